The van der Waals surface area contributed by atoms with Crippen molar-refractivity contribution in [1.29, 1.82) is 5.26 Å². The van der Waals surface area contributed by atoms with Crippen molar-refractivity contribution in [3.63, 3.8) is 0 Å². The molecule has 1 atom stereocenters. The van der Waals surface area contributed by atoms with Gasteiger partial charge in [0.05, 0.1) is 25.5 Å². The third-order valence-electron chi connectivity index (χ3n) is 6.51. The second-order valence-electron chi connectivity index (χ2n) is 9.87. The van der Waals surface area contributed by atoms with Gasteiger partial charge in [-0.1, -0.05) is 20.8 Å². The number of benzene rings is 1. The Bertz CT molecular complexity index is 1280. The van der Waals surface area contributed by atoms with Crippen molar-refractivity contribution in [2.75, 3.05) is 13.7 Å². The van der Waals surface area contributed by atoms with Crippen LogP contribution in [0, 0.1) is 22.7 Å². The Morgan fingerprint density at radius 3 is 2.86 bits per heavy atom. The topological polar surface area (TPSA) is 96.8 Å². The fourth-order valence-corrected chi connectivity index (χ4v) is 5.70. The summed E-state index contributed by atoms with van der Waals surface area (Å²) in [7, 11) is 1.55. The first kappa shape index (κ1) is 25.5. The number of hydrogen-bond donors (Lipinski definition) is 1. The van der Waals surface area contributed by atoms with E-state index in [0.717, 1.165) is 30.4 Å². The first-order chi connectivity index (χ1) is 17.3. The van der Waals surface area contributed by atoms with Crippen LogP contribution in [0.1, 0.15) is 59.3 Å². The molecule has 0 bridgehead atoms. The van der Waals surface area contributed by atoms with Crippen LogP contribution >= 0.6 is 11.3 Å². The van der Waals surface area contributed by atoms with Gasteiger partial charge in [0.25, 0.3) is 5.91 Å². The van der Waals surface area contributed by atoms with Crippen LogP contribution in [0.2, 0.25) is 0 Å². The highest BCUT2D eigenvalue weighted by Crippen LogP contribution is 2.45. The van der Waals surface area contributed by atoms with E-state index in [1.54, 1.807) is 49.1 Å². The molecule has 1 aromatic carbocycles. The highest BCUT2D eigenvalue weighted by molar-refractivity contribution is 7.16. The molecule has 4 rings (SSSR count). The summed E-state index contributed by atoms with van der Waals surface area (Å²) in [5, 5.41) is 12.5. The SMILES string of the molecule is COc1cc(C=Nc2sc3c(c2C(=O)NCc2ccco2)CC[C@@H](C(C)(C)C)C3)ccc1OCC#N. The third-order valence-corrected chi connectivity index (χ3v) is 7.67. The van der Waals surface area contributed by atoms with Gasteiger partial charge in [-0.3, -0.25) is 4.79 Å². The van der Waals surface area contributed by atoms with Gasteiger partial charge in [0.2, 0.25) is 0 Å². The normalized spacial score (nSPS) is 15.4. The Morgan fingerprint density at radius 1 is 1.33 bits per heavy atom. The molecule has 1 aliphatic rings. The maximum Gasteiger partial charge on any atom is 0.255 e. The van der Waals surface area contributed by atoms with Gasteiger partial charge < -0.3 is 19.2 Å². The van der Waals surface area contributed by atoms with Gasteiger partial charge in [-0.05, 0) is 72.1 Å². The smallest absolute Gasteiger partial charge is 0.255 e. The van der Waals surface area contributed by atoms with E-state index in [9.17, 15) is 4.79 Å². The van der Waals surface area contributed by atoms with E-state index in [4.69, 9.17) is 24.1 Å². The Morgan fingerprint density at radius 2 is 2.17 bits per heavy atom. The van der Waals surface area contributed by atoms with E-state index in [1.807, 2.05) is 18.2 Å². The Hall–Kier alpha value is -3.57. The minimum absolute atomic E-state index is 0.0589. The second-order valence-corrected chi connectivity index (χ2v) is 11.0. The molecular weight excluding hydrogens is 474 g/mol. The zero-order chi connectivity index (χ0) is 25.7. The summed E-state index contributed by atoms with van der Waals surface area (Å²) in [5.41, 5.74) is 2.78. The second kappa shape index (κ2) is 11.0. The van der Waals surface area contributed by atoms with Gasteiger partial charge >= 0.3 is 0 Å². The number of hydrogen-bond acceptors (Lipinski definition) is 7. The van der Waals surface area contributed by atoms with Crippen molar-refractivity contribution in [2.24, 2.45) is 16.3 Å². The lowest BCUT2D eigenvalue weighted by atomic mass is 9.72. The van der Waals surface area contributed by atoms with Gasteiger partial charge in [-0.2, -0.15) is 5.26 Å². The number of rotatable bonds is 8. The summed E-state index contributed by atoms with van der Waals surface area (Å²) in [6, 6.07) is 11.0. The largest absolute Gasteiger partial charge is 0.493 e. The van der Waals surface area contributed by atoms with Gasteiger partial charge in [0.1, 0.15) is 16.8 Å². The highest BCUT2D eigenvalue weighted by Gasteiger charge is 2.33. The van der Waals surface area contributed by atoms with Crippen molar-refractivity contribution in [2.45, 2.75) is 46.6 Å². The molecule has 1 amide bonds. The molecule has 0 aliphatic heterocycles. The lowest BCUT2D eigenvalue weighted by Crippen LogP contribution is -2.28. The number of nitrogens with zero attached hydrogens (tertiary/aromatic N) is 2. The number of methoxy groups -OCH3 is 1. The molecule has 7 nitrogen and oxygen atoms in total. The molecule has 2 aromatic heterocycles. The average Bonchev–Trinajstić information content (AvgIpc) is 3.51. The first-order valence-electron chi connectivity index (χ1n) is 12.0. The van der Waals surface area contributed by atoms with E-state index >= 15 is 0 Å². The van der Waals surface area contributed by atoms with Gasteiger partial charge in [-0.15, -0.1) is 11.3 Å². The van der Waals surface area contributed by atoms with Gasteiger partial charge in [-0.25, -0.2) is 4.99 Å². The van der Waals surface area contributed by atoms with Gasteiger partial charge in [0.15, 0.2) is 18.1 Å². The lowest BCUT2D eigenvalue weighted by Gasteiger charge is -2.33. The van der Waals surface area contributed by atoms with Crippen molar-refractivity contribution < 1.29 is 18.7 Å². The minimum Gasteiger partial charge on any atom is -0.493 e. The fraction of sp³-hybridized carbons (Fsp3) is 0.393. The van der Waals surface area contributed by atoms with Gasteiger partial charge in [0, 0.05) is 11.1 Å². The molecule has 0 fully saturated rings. The van der Waals surface area contributed by atoms with Crippen molar-refractivity contribution >= 4 is 28.5 Å². The average molecular weight is 506 g/mol. The van der Waals surface area contributed by atoms with Crippen LogP contribution < -0.4 is 14.8 Å². The number of amides is 1. The summed E-state index contributed by atoms with van der Waals surface area (Å²) < 4.78 is 16.2. The summed E-state index contributed by atoms with van der Waals surface area (Å²) in [6.45, 7) is 7.11. The summed E-state index contributed by atoms with van der Waals surface area (Å²) in [6.07, 6.45) is 6.21. The number of thiophene rings is 1. The summed E-state index contributed by atoms with van der Waals surface area (Å²) >= 11 is 1.60. The predicted octanol–water partition coefficient (Wildman–Crippen LogP) is 6.08. The van der Waals surface area contributed by atoms with Crippen molar-refractivity contribution in [1.82, 2.24) is 5.32 Å². The van der Waals surface area contributed by atoms with Crippen LogP contribution in [-0.4, -0.2) is 25.8 Å². The lowest BCUT2D eigenvalue weighted by molar-refractivity contribution is 0.0947. The molecule has 2 heterocycles. The monoisotopic (exact) mass is 505 g/mol. The molecule has 36 heavy (non-hydrogen) atoms. The van der Waals surface area contributed by atoms with Crippen LogP contribution in [0.25, 0.3) is 0 Å². The molecule has 0 saturated heterocycles. The number of fused-ring (bicyclic) bond motifs is 1. The molecule has 188 valence electrons. The van der Waals surface area contributed by atoms with Crippen LogP contribution in [0.4, 0.5) is 5.00 Å². The number of nitrogens with one attached hydrogen (secondary N) is 1. The van der Waals surface area contributed by atoms with Crippen LogP contribution in [-0.2, 0) is 19.4 Å². The number of carbonyl (C=O) groups is 1. The molecule has 8 heteroatoms. The number of furan rings is 1. The van der Waals surface area contributed by atoms with E-state index in [2.05, 4.69) is 26.1 Å². The molecule has 0 saturated carbocycles. The highest BCUT2D eigenvalue weighted by atomic mass is 32.1. The molecule has 1 aliphatic carbocycles. The number of nitriles is 1. The Balaban J connectivity index is 1.64. The number of aliphatic imine (C=N–C) groups is 1. The number of carbonyl (C=O) groups excluding carboxylic acids is 1. The van der Waals surface area contributed by atoms with E-state index in [0.29, 0.717) is 40.3 Å². The van der Waals surface area contributed by atoms with E-state index in [-0.39, 0.29) is 17.9 Å². The zero-order valence-electron chi connectivity index (χ0n) is 21.1. The summed E-state index contributed by atoms with van der Waals surface area (Å²) in [4.78, 5) is 19.4. The molecule has 3 aromatic rings. The van der Waals surface area contributed by atoms with E-state index in [1.165, 1.54) is 4.88 Å². The predicted molar refractivity (Wildman–Crippen MR) is 141 cm³/mol. The molecule has 0 spiro atoms. The minimum atomic E-state index is -0.136. The fourth-order valence-electron chi connectivity index (χ4n) is 4.43. The van der Waals surface area contributed by atoms with Crippen molar-refractivity contribution in [3.05, 3.63) is 63.9 Å². The van der Waals surface area contributed by atoms with Crippen LogP contribution in [0.3, 0.4) is 0 Å². The molecular formula is C28H31N3O4S. The Kier molecular flexibility index (Phi) is 7.80. The standard InChI is InChI=1S/C28H31N3O4S/c1-28(2,3)19-8-9-21-24(15-19)36-27(25(21)26(32)30-17-20-6-5-12-34-20)31-16-18-7-10-22(35-13-11-29)23(14-18)33-4/h5-7,10,12,14,16,19H,8-9,13,15,17H2,1-4H3,(H,30,32)/t19-/m1/s1. The van der Waals surface area contributed by atoms with Crippen molar-refractivity contribution in [3.8, 4) is 17.6 Å². The zero-order valence-corrected chi connectivity index (χ0v) is 21.9. The van der Waals surface area contributed by atoms with Crippen LogP contribution in [0.5, 0.6) is 11.5 Å². The molecule has 0 unspecified atom stereocenters. The van der Waals surface area contributed by atoms with Crippen LogP contribution in [0.15, 0.2) is 46.0 Å². The quantitative estimate of drug-likeness (QED) is 0.374. The third kappa shape index (κ3) is 5.80. The van der Waals surface area contributed by atoms with E-state index < -0.39 is 0 Å². The Labute approximate surface area is 215 Å². The first-order valence-corrected chi connectivity index (χ1v) is 12.8. The summed E-state index contributed by atoms with van der Waals surface area (Å²) in [5.74, 6) is 2.14. The maximum atomic E-state index is 13.3. The molecule has 0 radical (unpaired) electrons. The molecule has 1 N–H and O–H groups in total. The maximum absolute atomic E-state index is 13.3. The number of ether oxygens (including phenoxy) is 2.